The number of hydrogen-bond acceptors (Lipinski definition) is 11. The van der Waals surface area contributed by atoms with Gasteiger partial charge in [0, 0.05) is 12.8 Å². The summed E-state index contributed by atoms with van der Waals surface area (Å²) in [4.78, 5) is 23.5. The molecule has 0 aliphatic carbocycles. The van der Waals surface area contributed by atoms with Gasteiger partial charge in [0.2, 0.25) is 0 Å². The fourth-order valence-corrected chi connectivity index (χ4v) is 5.33. The predicted octanol–water partition coefficient (Wildman–Crippen LogP) is 8.42. The van der Waals surface area contributed by atoms with Gasteiger partial charge < -0.3 is 42.6 Å². The second-order valence-electron chi connectivity index (χ2n) is 13.2. The van der Waals surface area contributed by atoms with Gasteiger partial charge in [-0.3, -0.25) is 9.59 Å². The zero-order valence-electron chi connectivity index (χ0n) is 33.7. The molecule has 0 atom stereocenters. The van der Waals surface area contributed by atoms with Crippen molar-refractivity contribution in [2.45, 2.75) is 149 Å². The molecule has 0 aliphatic rings. The highest BCUT2D eigenvalue weighted by Crippen LogP contribution is 2.13. The summed E-state index contributed by atoms with van der Waals surface area (Å²) in [5.41, 5.74) is 0. The van der Waals surface area contributed by atoms with Gasteiger partial charge in [-0.15, -0.1) is 0 Å². The lowest BCUT2D eigenvalue weighted by molar-refractivity contribution is -0.146. The van der Waals surface area contributed by atoms with Crippen LogP contribution in [0.4, 0.5) is 0 Å². The monoisotopic (exact) mass is 749 g/mol. The van der Waals surface area contributed by atoms with Crippen LogP contribution in [0.3, 0.4) is 0 Å². The van der Waals surface area contributed by atoms with Crippen LogP contribution in [0.25, 0.3) is 0 Å². The molecule has 0 N–H and O–H groups in total. The van der Waals surface area contributed by atoms with Crippen LogP contribution < -0.4 is 0 Å². The summed E-state index contributed by atoms with van der Waals surface area (Å²) in [5, 5.41) is 0. The maximum Gasteiger partial charge on any atom is 0.305 e. The summed E-state index contributed by atoms with van der Waals surface area (Å²) < 4.78 is 48.8. The Morgan fingerprint density at radius 1 is 0.269 bits per heavy atom. The Bertz CT molecular complexity index is 710. The lowest BCUT2D eigenvalue weighted by atomic mass is 10.0. The number of ether oxygens (including phenoxy) is 9. The molecule has 0 saturated carbocycles. The van der Waals surface area contributed by atoms with E-state index in [0.29, 0.717) is 105 Å². The van der Waals surface area contributed by atoms with Gasteiger partial charge >= 0.3 is 11.9 Å². The smallest absolute Gasteiger partial charge is 0.305 e. The van der Waals surface area contributed by atoms with Crippen LogP contribution in [0, 0.1) is 0 Å². The summed E-state index contributed by atoms with van der Waals surface area (Å²) in [6, 6.07) is 0. The second kappa shape index (κ2) is 45.8. The van der Waals surface area contributed by atoms with Crippen LogP contribution in [0.15, 0.2) is 0 Å². The molecule has 0 saturated heterocycles. The molecule has 0 aromatic heterocycles. The Labute approximate surface area is 318 Å². The molecule has 52 heavy (non-hydrogen) atoms. The standard InChI is InChI=1S/C41H80O11/c1-3-5-7-9-11-12-13-14-15-16-17-19-21-23-41(43)52-39-37-50-35-33-48-31-29-46-27-25-44-24-26-45-28-30-47-32-34-49-36-38-51-40(42)22-20-18-10-8-6-4-2/h3-39H2,1-2H3. The lowest BCUT2D eigenvalue weighted by Gasteiger charge is -2.09. The Morgan fingerprint density at radius 2 is 0.462 bits per heavy atom. The van der Waals surface area contributed by atoms with Gasteiger partial charge in [-0.05, 0) is 12.8 Å². The third kappa shape index (κ3) is 44.8. The van der Waals surface area contributed by atoms with E-state index in [2.05, 4.69) is 13.8 Å². The normalized spacial score (nSPS) is 11.3. The fraction of sp³-hybridized carbons (Fsp3) is 0.951. The van der Waals surface area contributed by atoms with Crippen LogP contribution in [0.5, 0.6) is 0 Å². The molecule has 0 aromatic rings. The van der Waals surface area contributed by atoms with Crippen LogP contribution in [-0.4, -0.2) is 118 Å². The van der Waals surface area contributed by atoms with Crippen molar-refractivity contribution in [2.75, 3.05) is 106 Å². The zero-order valence-corrected chi connectivity index (χ0v) is 33.7. The SMILES string of the molecule is CCCCCCCCCCCCCCCC(=O)OCCOCCOCCOCCOCCOCCOCCOCCOC(=O)CCCCCCCC. The molecular formula is C41H80O11. The summed E-state index contributed by atoms with van der Waals surface area (Å²) in [7, 11) is 0. The van der Waals surface area contributed by atoms with E-state index in [-0.39, 0.29) is 25.2 Å². The summed E-state index contributed by atoms with van der Waals surface area (Å²) in [6.07, 6.45) is 24.7. The van der Waals surface area contributed by atoms with Crippen molar-refractivity contribution >= 4 is 11.9 Å². The Morgan fingerprint density at radius 3 is 0.692 bits per heavy atom. The molecule has 0 aliphatic heterocycles. The van der Waals surface area contributed by atoms with E-state index >= 15 is 0 Å². The van der Waals surface area contributed by atoms with E-state index in [1.54, 1.807) is 0 Å². The van der Waals surface area contributed by atoms with Gasteiger partial charge in [-0.1, -0.05) is 123 Å². The molecule has 0 unspecified atom stereocenters. The lowest BCUT2D eigenvalue weighted by Crippen LogP contribution is -2.15. The molecule has 0 amide bonds. The van der Waals surface area contributed by atoms with Crippen LogP contribution in [0.2, 0.25) is 0 Å². The topological polar surface area (TPSA) is 117 Å². The van der Waals surface area contributed by atoms with Crippen LogP contribution in [0.1, 0.15) is 149 Å². The number of carbonyl (C=O) groups is 2. The highest BCUT2D eigenvalue weighted by atomic mass is 16.6. The first kappa shape index (κ1) is 50.7. The first-order valence-corrected chi connectivity index (χ1v) is 21.1. The summed E-state index contributed by atoms with van der Waals surface area (Å²) in [6.45, 7) is 11.6. The number of carbonyl (C=O) groups excluding carboxylic acids is 2. The Balaban J connectivity index is 3.16. The van der Waals surface area contributed by atoms with Crippen molar-refractivity contribution in [2.24, 2.45) is 0 Å². The van der Waals surface area contributed by atoms with Gasteiger partial charge in [0.25, 0.3) is 0 Å². The summed E-state index contributed by atoms with van der Waals surface area (Å²) in [5.74, 6) is -0.276. The van der Waals surface area contributed by atoms with Crippen molar-refractivity contribution in [3.8, 4) is 0 Å². The largest absolute Gasteiger partial charge is 0.463 e. The Kier molecular flexibility index (Phi) is 44.6. The highest BCUT2D eigenvalue weighted by Gasteiger charge is 2.04. The molecule has 11 heteroatoms. The van der Waals surface area contributed by atoms with E-state index in [4.69, 9.17) is 42.6 Å². The number of hydrogen-bond donors (Lipinski definition) is 0. The van der Waals surface area contributed by atoms with Gasteiger partial charge in [0.1, 0.15) is 13.2 Å². The van der Waals surface area contributed by atoms with Gasteiger partial charge in [0.05, 0.1) is 92.5 Å². The molecule has 0 heterocycles. The zero-order chi connectivity index (χ0) is 37.7. The first-order valence-electron chi connectivity index (χ1n) is 21.1. The molecule has 310 valence electrons. The first-order chi connectivity index (χ1) is 25.7. The average Bonchev–Trinajstić information content (AvgIpc) is 3.14. The second-order valence-corrected chi connectivity index (χ2v) is 13.2. The highest BCUT2D eigenvalue weighted by molar-refractivity contribution is 5.69. The molecule has 0 bridgehead atoms. The molecule has 0 aromatic carbocycles. The fourth-order valence-electron chi connectivity index (χ4n) is 5.33. The van der Waals surface area contributed by atoms with E-state index in [9.17, 15) is 9.59 Å². The molecule has 0 radical (unpaired) electrons. The van der Waals surface area contributed by atoms with Gasteiger partial charge in [0.15, 0.2) is 0 Å². The van der Waals surface area contributed by atoms with Crippen LogP contribution in [-0.2, 0) is 52.2 Å². The van der Waals surface area contributed by atoms with E-state index in [1.807, 2.05) is 0 Å². The minimum absolute atomic E-state index is 0.133. The van der Waals surface area contributed by atoms with Crippen molar-refractivity contribution in [3.05, 3.63) is 0 Å². The quantitative estimate of drug-likeness (QED) is 0.0441. The van der Waals surface area contributed by atoms with E-state index < -0.39 is 0 Å². The van der Waals surface area contributed by atoms with Crippen molar-refractivity contribution < 1.29 is 52.2 Å². The van der Waals surface area contributed by atoms with Crippen LogP contribution >= 0.6 is 0 Å². The number of unbranched alkanes of at least 4 members (excludes halogenated alkanes) is 17. The van der Waals surface area contributed by atoms with E-state index in [1.165, 1.54) is 96.3 Å². The maximum atomic E-state index is 11.9. The number of esters is 2. The van der Waals surface area contributed by atoms with Crippen molar-refractivity contribution in [1.82, 2.24) is 0 Å². The molecule has 0 rings (SSSR count). The third-order valence-corrected chi connectivity index (χ3v) is 8.43. The molecule has 0 spiro atoms. The van der Waals surface area contributed by atoms with Crippen molar-refractivity contribution in [3.63, 3.8) is 0 Å². The molecular weight excluding hydrogens is 668 g/mol. The van der Waals surface area contributed by atoms with Gasteiger partial charge in [-0.25, -0.2) is 0 Å². The average molecular weight is 749 g/mol. The predicted molar refractivity (Wildman–Crippen MR) is 206 cm³/mol. The van der Waals surface area contributed by atoms with E-state index in [0.717, 1.165) is 25.7 Å². The van der Waals surface area contributed by atoms with Gasteiger partial charge in [-0.2, -0.15) is 0 Å². The Hall–Kier alpha value is -1.34. The minimum Gasteiger partial charge on any atom is -0.463 e. The molecule has 11 nitrogen and oxygen atoms in total. The molecule has 0 fully saturated rings. The van der Waals surface area contributed by atoms with Crippen molar-refractivity contribution in [1.29, 1.82) is 0 Å². The number of rotatable bonds is 45. The minimum atomic E-state index is -0.143. The summed E-state index contributed by atoms with van der Waals surface area (Å²) >= 11 is 0. The third-order valence-electron chi connectivity index (χ3n) is 8.43. The maximum absolute atomic E-state index is 11.9.